The van der Waals surface area contributed by atoms with Gasteiger partial charge in [-0.25, -0.2) is 0 Å². The first-order chi connectivity index (χ1) is 12.3. The van der Waals surface area contributed by atoms with Crippen molar-refractivity contribution in [2.24, 2.45) is 0 Å². The van der Waals surface area contributed by atoms with Crippen LogP contribution < -0.4 is 4.74 Å². The van der Waals surface area contributed by atoms with E-state index in [0.717, 1.165) is 56.6 Å². The highest BCUT2D eigenvalue weighted by molar-refractivity contribution is 5.91. The van der Waals surface area contributed by atoms with Crippen LogP contribution in [0, 0.1) is 0 Å². The van der Waals surface area contributed by atoms with Crippen LogP contribution >= 0.6 is 0 Å². The van der Waals surface area contributed by atoms with Crippen molar-refractivity contribution in [2.45, 2.75) is 45.1 Å². The number of hydrogen-bond acceptors (Lipinski definition) is 3. The molecule has 0 radical (unpaired) electrons. The fourth-order valence-corrected chi connectivity index (χ4v) is 3.74. The minimum Gasteiger partial charge on any atom is -0.494 e. The number of ether oxygens (including phenoxy) is 1. The highest BCUT2D eigenvalue weighted by atomic mass is 16.5. The number of hydrogen-bond donors (Lipinski definition) is 0. The fraction of sp³-hybridized carbons (Fsp3) is 0.571. The van der Waals surface area contributed by atoms with E-state index in [-0.39, 0.29) is 5.91 Å². The Labute approximate surface area is 151 Å². The molecule has 1 aromatic carbocycles. The smallest absolute Gasteiger partial charge is 0.246 e. The maximum absolute atomic E-state index is 12.4. The standard InChI is InChI=1S/C21H30N2O2/c1-2-17-25-20-10-7-18(8-11-20)9-12-21(24)23-15-13-22(14-16-23)19-5-3-4-6-19/h7-12,19H,2-6,13-17H2,1H3/b12-9+. The zero-order chi connectivity index (χ0) is 17.5. The van der Waals surface area contributed by atoms with Crippen LogP contribution in [0.4, 0.5) is 0 Å². The molecular weight excluding hydrogens is 312 g/mol. The van der Waals surface area contributed by atoms with Crippen LogP contribution in [0.2, 0.25) is 0 Å². The molecule has 1 saturated heterocycles. The lowest BCUT2D eigenvalue weighted by Gasteiger charge is -2.37. The molecule has 4 nitrogen and oxygen atoms in total. The minimum atomic E-state index is 0.123. The van der Waals surface area contributed by atoms with Gasteiger partial charge in [-0.1, -0.05) is 31.9 Å². The monoisotopic (exact) mass is 342 g/mol. The van der Waals surface area contributed by atoms with Crippen molar-refractivity contribution in [3.8, 4) is 5.75 Å². The first-order valence-corrected chi connectivity index (χ1v) is 9.70. The molecule has 1 aliphatic carbocycles. The number of benzene rings is 1. The Morgan fingerprint density at radius 3 is 2.44 bits per heavy atom. The summed E-state index contributed by atoms with van der Waals surface area (Å²) >= 11 is 0. The number of carbonyl (C=O) groups excluding carboxylic acids is 1. The molecule has 0 atom stereocenters. The lowest BCUT2D eigenvalue weighted by molar-refractivity contribution is -0.127. The molecule has 2 fully saturated rings. The van der Waals surface area contributed by atoms with Gasteiger partial charge < -0.3 is 9.64 Å². The third-order valence-corrected chi connectivity index (χ3v) is 5.24. The highest BCUT2D eigenvalue weighted by Gasteiger charge is 2.27. The summed E-state index contributed by atoms with van der Waals surface area (Å²) in [6, 6.07) is 8.67. The molecule has 1 aliphatic heterocycles. The largest absolute Gasteiger partial charge is 0.494 e. The molecule has 2 aliphatic rings. The summed E-state index contributed by atoms with van der Waals surface area (Å²) in [4.78, 5) is 17.0. The molecule has 0 bridgehead atoms. The molecule has 136 valence electrons. The second kappa shape index (κ2) is 9.04. The van der Waals surface area contributed by atoms with Crippen molar-refractivity contribution in [3.05, 3.63) is 35.9 Å². The van der Waals surface area contributed by atoms with E-state index in [4.69, 9.17) is 4.74 Å². The summed E-state index contributed by atoms with van der Waals surface area (Å²) in [5.74, 6) is 1.01. The van der Waals surface area contributed by atoms with Crippen LogP contribution in [0.3, 0.4) is 0 Å². The fourth-order valence-electron chi connectivity index (χ4n) is 3.74. The van der Waals surface area contributed by atoms with Gasteiger partial charge in [-0.05, 0) is 43.0 Å². The van der Waals surface area contributed by atoms with E-state index in [1.807, 2.05) is 35.2 Å². The van der Waals surface area contributed by atoms with Gasteiger partial charge in [0, 0.05) is 38.3 Å². The number of nitrogens with zero attached hydrogens (tertiary/aromatic N) is 2. The molecule has 0 aromatic heterocycles. The van der Waals surface area contributed by atoms with E-state index < -0.39 is 0 Å². The highest BCUT2D eigenvalue weighted by Crippen LogP contribution is 2.24. The number of piperazine rings is 1. The number of carbonyl (C=O) groups is 1. The zero-order valence-corrected chi connectivity index (χ0v) is 15.3. The van der Waals surface area contributed by atoms with Crippen molar-refractivity contribution in [1.82, 2.24) is 9.80 Å². The predicted octanol–water partition coefficient (Wildman–Crippen LogP) is 3.58. The van der Waals surface area contributed by atoms with E-state index in [1.165, 1.54) is 25.7 Å². The van der Waals surface area contributed by atoms with E-state index in [2.05, 4.69) is 11.8 Å². The summed E-state index contributed by atoms with van der Waals surface area (Å²) in [5.41, 5.74) is 1.03. The van der Waals surface area contributed by atoms with Gasteiger partial charge in [0.25, 0.3) is 0 Å². The molecule has 0 spiro atoms. The van der Waals surface area contributed by atoms with Crippen LogP contribution in [0.1, 0.15) is 44.6 Å². The van der Waals surface area contributed by atoms with Gasteiger partial charge >= 0.3 is 0 Å². The Kier molecular flexibility index (Phi) is 6.51. The van der Waals surface area contributed by atoms with Gasteiger partial charge in [-0.15, -0.1) is 0 Å². The van der Waals surface area contributed by atoms with E-state index >= 15 is 0 Å². The quantitative estimate of drug-likeness (QED) is 0.741. The average Bonchev–Trinajstić information content (AvgIpc) is 3.20. The maximum Gasteiger partial charge on any atom is 0.246 e. The molecule has 1 heterocycles. The zero-order valence-electron chi connectivity index (χ0n) is 15.3. The van der Waals surface area contributed by atoms with Crippen molar-refractivity contribution in [1.29, 1.82) is 0 Å². The van der Waals surface area contributed by atoms with Gasteiger partial charge in [0.15, 0.2) is 0 Å². The summed E-state index contributed by atoms with van der Waals surface area (Å²) in [6.45, 7) is 6.57. The SMILES string of the molecule is CCCOc1ccc(/C=C/C(=O)N2CCN(C3CCCC3)CC2)cc1. The summed E-state index contributed by atoms with van der Waals surface area (Å²) in [6.07, 6.45) is 10.0. The molecule has 3 rings (SSSR count). The Hall–Kier alpha value is -1.81. The molecule has 1 amide bonds. The van der Waals surface area contributed by atoms with E-state index in [0.29, 0.717) is 0 Å². The van der Waals surface area contributed by atoms with Crippen LogP contribution in [-0.4, -0.2) is 54.5 Å². The van der Waals surface area contributed by atoms with Gasteiger partial charge in [0.05, 0.1) is 6.61 Å². The third-order valence-electron chi connectivity index (χ3n) is 5.24. The first-order valence-electron chi connectivity index (χ1n) is 9.70. The van der Waals surface area contributed by atoms with Gasteiger partial charge in [-0.3, -0.25) is 9.69 Å². The van der Waals surface area contributed by atoms with Crippen molar-refractivity contribution in [2.75, 3.05) is 32.8 Å². The summed E-state index contributed by atoms with van der Waals surface area (Å²) < 4.78 is 5.58. The minimum absolute atomic E-state index is 0.123. The topological polar surface area (TPSA) is 32.8 Å². The Balaban J connectivity index is 1.46. The van der Waals surface area contributed by atoms with E-state index in [9.17, 15) is 4.79 Å². The Morgan fingerprint density at radius 1 is 1.12 bits per heavy atom. The maximum atomic E-state index is 12.4. The summed E-state index contributed by atoms with van der Waals surface area (Å²) in [5, 5.41) is 0. The Bertz CT molecular complexity index is 568. The van der Waals surface area contributed by atoms with Gasteiger partial charge in [0.2, 0.25) is 5.91 Å². The van der Waals surface area contributed by atoms with Crippen molar-refractivity contribution in [3.63, 3.8) is 0 Å². The van der Waals surface area contributed by atoms with Gasteiger partial charge in [-0.2, -0.15) is 0 Å². The third kappa shape index (κ3) is 5.08. The molecule has 1 aromatic rings. The van der Waals surface area contributed by atoms with Crippen LogP contribution in [0.15, 0.2) is 30.3 Å². The van der Waals surface area contributed by atoms with Crippen molar-refractivity contribution < 1.29 is 9.53 Å². The number of rotatable bonds is 6. The second-order valence-electron chi connectivity index (χ2n) is 7.05. The molecule has 25 heavy (non-hydrogen) atoms. The number of amides is 1. The molecule has 1 saturated carbocycles. The predicted molar refractivity (Wildman–Crippen MR) is 102 cm³/mol. The van der Waals surface area contributed by atoms with E-state index in [1.54, 1.807) is 6.08 Å². The first kappa shape index (κ1) is 18.0. The lowest BCUT2D eigenvalue weighted by atomic mass is 10.1. The molecule has 4 heteroatoms. The second-order valence-corrected chi connectivity index (χ2v) is 7.05. The van der Waals surface area contributed by atoms with Crippen LogP contribution in [0.5, 0.6) is 5.75 Å². The lowest BCUT2D eigenvalue weighted by Crippen LogP contribution is -2.51. The summed E-state index contributed by atoms with van der Waals surface area (Å²) in [7, 11) is 0. The molecular formula is C21H30N2O2. The molecule has 0 N–H and O–H groups in total. The van der Waals surface area contributed by atoms with Gasteiger partial charge in [0.1, 0.15) is 5.75 Å². The average molecular weight is 342 g/mol. The van der Waals surface area contributed by atoms with Crippen LogP contribution in [0.25, 0.3) is 6.08 Å². The Morgan fingerprint density at radius 2 is 1.80 bits per heavy atom. The van der Waals surface area contributed by atoms with Crippen LogP contribution in [-0.2, 0) is 4.79 Å². The normalized spacial score (nSPS) is 19.6. The van der Waals surface area contributed by atoms with Crippen molar-refractivity contribution >= 4 is 12.0 Å². The molecule has 0 unspecified atom stereocenters.